The molecule has 0 saturated heterocycles. The zero-order valence-electron chi connectivity index (χ0n) is 11.2. The van der Waals surface area contributed by atoms with Crippen molar-refractivity contribution in [2.45, 2.75) is 13.0 Å². The van der Waals surface area contributed by atoms with Gasteiger partial charge in [0.15, 0.2) is 5.82 Å². The summed E-state index contributed by atoms with van der Waals surface area (Å²) in [5.41, 5.74) is 1.12. The van der Waals surface area contributed by atoms with E-state index in [-0.39, 0.29) is 5.75 Å². The second kappa shape index (κ2) is 6.62. The van der Waals surface area contributed by atoms with Crippen molar-refractivity contribution >= 4 is 9.84 Å². The van der Waals surface area contributed by atoms with E-state index >= 15 is 0 Å². The number of nitrogens with one attached hydrogen (secondary N) is 1. The normalized spacial score (nSPS) is 11.7. The van der Waals surface area contributed by atoms with E-state index in [4.69, 9.17) is 4.52 Å². The Morgan fingerprint density at radius 3 is 2.70 bits per heavy atom. The molecule has 6 nitrogen and oxygen atoms in total. The van der Waals surface area contributed by atoms with Gasteiger partial charge in [-0.05, 0) is 5.56 Å². The van der Waals surface area contributed by atoms with Crippen LogP contribution in [0, 0.1) is 0 Å². The highest BCUT2D eigenvalue weighted by Gasteiger charge is 2.07. The molecule has 0 amide bonds. The zero-order valence-corrected chi connectivity index (χ0v) is 12.1. The van der Waals surface area contributed by atoms with Crippen molar-refractivity contribution in [1.82, 2.24) is 15.5 Å². The molecule has 2 rings (SSSR count). The van der Waals surface area contributed by atoms with Crippen LogP contribution in [0.1, 0.15) is 17.3 Å². The monoisotopic (exact) mass is 295 g/mol. The standard InChI is InChI=1S/C13H17N3O3S/c1-20(17,18)8-7-14-10-13-15-12(16-19-13)9-11-5-3-2-4-6-11/h2-6,14H,7-10H2,1H3. The summed E-state index contributed by atoms with van der Waals surface area (Å²) in [7, 11) is -2.94. The lowest BCUT2D eigenvalue weighted by atomic mass is 10.1. The molecule has 1 heterocycles. The quantitative estimate of drug-likeness (QED) is 0.760. The van der Waals surface area contributed by atoms with Gasteiger partial charge in [0.25, 0.3) is 0 Å². The summed E-state index contributed by atoms with van der Waals surface area (Å²) in [5, 5.41) is 6.85. The lowest BCUT2D eigenvalue weighted by molar-refractivity contribution is 0.365. The number of hydrogen-bond donors (Lipinski definition) is 1. The minimum Gasteiger partial charge on any atom is -0.338 e. The Labute approximate surface area is 118 Å². The Morgan fingerprint density at radius 2 is 2.00 bits per heavy atom. The van der Waals surface area contributed by atoms with E-state index in [1.807, 2.05) is 30.3 Å². The fraction of sp³-hybridized carbons (Fsp3) is 0.385. The molecule has 0 atom stereocenters. The van der Waals surface area contributed by atoms with E-state index in [0.717, 1.165) is 5.56 Å². The van der Waals surface area contributed by atoms with E-state index < -0.39 is 9.84 Å². The van der Waals surface area contributed by atoms with Gasteiger partial charge in [0.2, 0.25) is 5.89 Å². The first-order valence-electron chi connectivity index (χ1n) is 6.27. The Kier molecular flexibility index (Phi) is 4.86. The summed E-state index contributed by atoms with van der Waals surface area (Å²) in [6.45, 7) is 0.743. The Morgan fingerprint density at radius 1 is 1.25 bits per heavy atom. The van der Waals surface area contributed by atoms with Crippen LogP contribution in [0.5, 0.6) is 0 Å². The molecule has 0 bridgehead atoms. The predicted molar refractivity (Wildman–Crippen MR) is 75.0 cm³/mol. The SMILES string of the molecule is CS(=O)(=O)CCNCc1nc(Cc2ccccc2)no1. The average molecular weight is 295 g/mol. The maximum Gasteiger partial charge on any atom is 0.240 e. The van der Waals surface area contributed by atoms with Crippen LogP contribution in [-0.4, -0.2) is 37.1 Å². The molecule has 0 aliphatic rings. The number of benzene rings is 1. The highest BCUT2D eigenvalue weighted by Crippen LogP contribution is 2.06. The van der Waals surface area contributed by atoms with Crippen LogP contribution in [0.2, 0.25) is 0 Å². The van der Waals surface area contributed by atoms with Gasteiger partial charge >= 0.3 is 0 Å². The minimum atomic E-state index is -2.94. The Hall–Kier alpha value is -1.73. The van der Waals surface area contributed by atoms with Crippen molar-refractivity contribution in [2.75, 3.05) is 18.6 Å². The Balaban J connectivity index is 1.81. The summed E-state index contributed by atoms with van der Waals surface area (Å²) in [6.07, 6.45) is 1.83. The van der Waals surface area contributed by atoms with Crippen LogP contribution in [0.3, 0.4) is 0 Å². The van der Waals surface area contributed by atoms with E-state index in [9.17, 15) is 8.42 Å². The van der Waals surface area contributed by atoms with Crippen LogP contribution in [0.15, 0.2) is 34.9 Å². The summed E-state index contributed by atoms with van der Waals surface area (Å²) >= 11 is 0. The summed E-state index contributed by atoms with van der Waals surface area (Å²) in [5.74, 6) is 1.18. The second-order valence-corrected chi connectivity index (χ2v) is 6.83. The van der Waals surface area contributed by atoms with Gasteiger partial charge in [-0.15, -0.1) is 0 Å². The van der Waals surface area contributed by atoms with Gasteiger partial charge in [0.05, 0.1) is 12.3 Å². The number of hydrogen-bond acceptors (Lipinski definition) is 6. The molecular formula is C13H17N3O3S. The molecule has 2 aromatic rings. The van der Waals surface area contributed by atoms with E-state index in [1.54, 1.807) is 0 Å². The predicted octanol–water partition coefficient (Wildman–Crippen LogP) is 0.795. The lowest BCUT2D eigenvalue weighted by Crippen LogP contribution is -2.22. The summed E-state index contributed by atoms with van der Waals surface area (Å²) in [6, 6.07) is 9.88. The van der Waals surface area contributed by atoms with Gasteiger partial charge in [-0.2, -0.15) is 4.98 Å². The van der Waals surface area contributed by atoms with Crippen LogP contribution in [0.25, 0.3) is 0 Å². The van der Waals surface area contributed by atoms with Crippen molar-refractivity contribution in [3.63, 3.8) is 0 Å². The van der Waals surface area contributed by atoms with Crippen LogP contribution < -0.4 is 5.32 Å². The molecule has 0 saturated carbocycles. The van der Waals surface area contributed by atoms with Crippen LogP contribution in [0.4, 0.5) is 0 Å². The van der Waals surface area contributed by atoms with Gasteiger partial charge in [-0.25, -0.2) is 8.42 Å². The van der Waals surface area contributed by atoms with Gasteiger partial charge in [-0.3, -0.25) is 0 Å². The minimum absolute atomic E-state index is 0.0952. The van der Waals surface area contributed by atoms with Crippen molar-refractivity contribution < 1.29 is 12.9 Å². The van der Waals surface area contributed by atoms with Gasteiger partial charge in [0.1, 0.15) is 9.84 Å². The number of sulfone groups is 1. The molecule has 0 radical (unpaired) electrons. The van der Waals surface area contributed by atoms with Gasteiger partial charge in [0, 0.05) is 19.2 Å². The van der Waals surface area contributed by atoms with E-state index in [2.05, 4.69) is 15.5 Å². The lowest BCUT2D eigenvalue weighted by Gasteiger charge is -1.99. The molecule has 1 aromatic carbocycles. The molecule has 108 valence electrons. The Bertz CT molecular complexity index is 638. The first-order valence-corrected chi connectivity index (χ1v) is 8.33. The van der Waals surface area contributed by atoms with Crippen molar-refractivity contribution in [1.29, 1.82) is 0 Å². The van der Waals surface area contributed by atoms with Crippen molar-refractivity contribution in [3.8, 4) is 0 Å². The maximum atomic E-state index is 11.0. The molecule has 0 aliphatic heterocycles. The third-order valence-electron chi connectivity index (χ3n) is 2.64. The first kappa shape index (κ1) is 14.7. The third kappa shape index (κ3) is 5.10. The van der Waals surface area contributed by atoms with Crippen molar-refractivity contribution in [3.05, 3.63) is 47.6 Å². The number of nitrogens with zero attached hydrogens (tertiary/aromatic N) is 2. The van der Waals surface area contributed by atoms with E-state index in [0.29, 0.717) is 31.2 Å². The fourth-order valence-corrected chi connectivity index (χ4v) is 2.18. The highest BCUT2D eigenvalue weighted by molar-refractivity contribution is 7.90. The fourth-order valence-electron chi connectivity index (χ4n) is 1.67. The molecule has 0 spiro atoms. The molecule has 1 N–H and O–H groups in total. The molecule has 0 aliphatic carbocycles. The number of rotatable bonds is 7. The molecule has 0 fully saturated rings. The van der Waals surface area contributed by atoms with Crippen molar-refractivity contribution in [2.24, 2.45) is 0 Å². The topological polar surface area (TPSA) is 85.1 Å². The summed E-state index contributed by atoms with van der Waals surface area (Å²) in [4.78, 5) is 4.25. The third-order valence-corrected chi connectivity index (χ3v) is 3.59. The molecule has 7 heteroatoms. The highest BCUT2D eigenvalue weighted by atomic mass is 32.2. The number of aromatic nitrogens is 2. The largest absolute Gasteiger partial charge is 0.338 e. The van der Waals surface area contributed by atoms with Crippen LogP contribution in [-0.2, 0) is 22.8 Å². The molecule has 0 unspecified atom stereocenters. The first-order chi connectivity index (χ1) is 9.53. The van der Waals surface area contributed by atoms with Gasteiger partial charge in [-0.1, -0.05) is 35.5 Å². The van der Waals surface area contributed by atoms with Gasteiger partial charge < -0.3 is 9.84 Å². The molecule has 20 heavy (non-hydrogen) atoms. The van der Waals surface area contributed by atoms with Crippen LogP contribution >= 0.6 is 0 Å². The maximum absolute atomic E-state index is 11.0. The van der Waals surface area contributed by atoms with E-state index in [1.165, 1.54) is 6.26 Å². The molecule has 1 aromatic heterocycles. The smallest absolute Gasteiger partial charge is 0.240 e. The average Bonchev–Trinajstić information content (AvgIpc) is 2.82. The second-order valence-electron chi connectivity index (χ2n) is 4.57. The zero-order chi connectivity index (χ0) is 14.4. The summed E-state index contributed by atoms with van der Waals surface area (Å²) < 4.78 is 27.0. The molecular weight excluding hydrogens is 278 g/mol.